The Labute approximate surface area is 124 Å². The molecule has 0 aliphatic carbocycles. The van der Waals surface area contributed by atoms with E-state index in [1.54, 1.807) is 18.3 Å². The van der Waals surface area contributed by atoms with E-state index in [1.807, 2.05) is 15.9 Å². The molecule has 2 saturated heterocycles. The Balaban J connectivity index is 1.76. The monoisotopic (exact) mass is 287 g/mol. The zero-order valence-electron chi connectivity index (χ0n) is 12.2. The third-order valence-electron chi connectivity index (χ3n) is 4.64. The van der Waals surface area contributed by atoms with E-state index >= 15 is 0 Å². The van der Waals surface area contributed by atoms with E-state index in [1.165, 1.54) is 0 Å². The highest BCUT2D eigenvalue weighted by Crippen LogP contribution is 2.40. The first-order chi connectivity index (χ1) is 10.2. The van der Waals surface area contributed by atoms with Crippen LogP contribution in [0.5, 0.6) is 0 Å². The summed E-state index contributed by atoms with van der Waals surface area (Å²) in [6.45, 7) is 6.35. The average Bonchev–Trinajstić information content (AvgIpc) is 3.12. The molecule has 2 fully saturated rings. The number of piperidine rings is 1. The van der Waals surface area contributed by atoms with Crippen molar-refractivity contribution in [1.29, 1.82) is 0 Å². The second kappa shape index (κ2) is 5.39. The van der Waals surface area contributed by atoms with Crippen molar-refractivity contribution >= 4 is 11.8 Å². The van der Waals surface area contributed by atoms with Crippen LogP contribution in [0.25, 0.3) is 0 Å². The Morgan fingerprint density at radius 3 is 3.00 bits per heavy atom. The van der Waals surface area contributed by atoms with Gasteiger partial charge >= 0.3 is 0 Å². The van der Waals surface area contributed by atoms with Gasteiger partial charge in [-0.15, -0.1) is 6.58 Å². The zero-order valence-corrected chi connectivity index (χ0v) is 12.2. The Hall–Kier alpha value is -2.04. The van der Waals surface area contributed by atoms with E-state index in [0.29, 0.717) is 18.8 Å². The Bertz CT molecular complexity index is 552. The predicted molar refractivity (Wildman–Crippen MR) is 79.8 cm³/mol. The van der Waals surface area contributed by atoms with Crippen molar-refractivity contribution in [1.82, 2.24) is 14.8 Å². The van der Waals surface area contributed by atoms with Crippen LogP contribution in [-0.2, 0) is 4.79 Å². The van der Waals surface area contributed by atoms with Crippen molar-refractivity contribution < 1.29 is 9.59 Å². The van der Waals surface area contributed by atoms with Crippen molar-refractivity contribution in [3.8, 4) is 0 Å². The van der Waals surface area contributed by atoms with Crippen LogP contribution in [0.1, 0.15) is 29.8 Å². The van der Waals surface area contributed by atoms with Gasteiger partial charge in [0.2, 0.25) is 5.91 Å². The first kappa shape index (κ1) is 13.9. The Kier molecular flexibility index (Phi) is 3.57. The Morgan fingerprint density at radius 1 is 1.43 bits per heavy atom. The number of aromatic amines is 1. The highest BCUT2D eigenvalue weighted by molar-refractivity contribution is 5.93. The summed E-state index contributed by atoms with van der Waals surface area (Å²) in [6.07, 6.45) is 6.13. The summed E-state index contributed by atoms with van der Waals surface area (Å²) in [5.74, 6) is 0.181. The summed E-state index contributed by atoms with van der Waals surface area (Å²) in [4.78, 5) is 31.8. The predicted octanol–water partition coefficient (Wildman–Crippen LogP) is 1.66. The summed E-state index contributed by atoms with van der Waals surface area (Å²) in [7, 11) is 0. The van der Waals surface area contributed by atoms with E-state index < -0.39 is 0 Å². The SMILES string of the molecule is C=CCN1CC[C@@]2(CCCN(C(=O)c3ccc[nH]3)C2)C1=O. The molecule has 1 aromatic heterocycles. The molecule has 3 rings (SSSR count). The molecule has 3 heterocycles. The number of aromatic nitrogens is 1. The molecule has 2 amide bonds. The van der Waals surface area contributed by atoms with Gasteiger partial charge in [-0.1, -0.05) is 6.08 Å². The van der Waals surface area contributed by atoms with Crippen molar-refractivity contribution in [3.05, 3.63) is 36.7 Å². The smallest absolute Gasteiger partial charge is 0.270 e. The van der Waals surface area contributed by atoms with Gasteiger partial charge in [-0.05, 0) is 31.4 Å². The summed E-state index contributed by atoms with van der Waals surface area (Å²) in [5, 5.41) is 0. The van der Waals surface area contributed by atoms with Gasteiger partial charge < -0.3 is 14.8 Å². The molecule has 1 aromatic rings. The number of hydrogen-bond acceptors (Lipinski definition) is 2. The lowest BCUT2D eigenvalue weighted by Crippen LogP contribution is -2.49. The normalized spacial score (nSPS) is 25.6. The maximum absolute atomic E-state index is 12.7. The van der Waals surface area contributed by atoms with Crippen molar-refractivity contribution in [2.24, 2.45) is 5.41 Å². The molecule has 0 radical (unpaired) electrons. The summed E-state index contributed by atoms with van der Waals surface area (Å²) < 4.78 is 0. The summed E-state index contributed by atoms with van der Waals surface area (Å²) in [6, 6.07) is 3.60. The first-order valence-electron chi connectivity index (χ1n) is 7.49. The fraction of sp³-hybridized carbons (Fsp3) is 0.500. The number of nitrogens with zero attached hydrogens (tertiary/aromatic N) is 2. The van der Waals surface area contributed by atoms with Crippen LogP contribution in [0, 0.1) is 5.41 Å². The highest BCUT2D eigenvalue weighted by Gasteiger charge is 2.49. The molecule has 0 unspecified atom stereocenters. The number of carbonyl (C=O) groups excluding carboxylic acids is 2. The van der Waals surface area contributed by atoms with E-state index in [4.69, 9.17) is 0 Å². The second-order valence-corrected chi connectivity index (χ2v) is 5.98. The maximum Gasteiger partial charge on any atom is 0.270 e. The van der Waals surface area contributed by atoms with Gasteiger partial charge in [-0.3, -0.25) is 9.59 Å². The lowest BCUT2D eigenvalue weighted by molar-refractivity contribution is -0.137. The highest BCUT2D eigenvalue weighted by atomic mass is 16.2. The van der Waals surface area contributed by atoms with E-state index in [0.717, 1.165) is 32.4 Å². The zero-order chi connectivity index (χ0) is 14.9. The molecule has 0 aromatic carbocycles. The molecule has 2 aliphatic rings. The van der Waals surface area contributed by atoms with Crippen molar-refractivity contribution in [3.63, 3.8) is 0 Å². The largest absolute Gasteiger partial charge is 0.357 e. The van der Waals surface area contributed by atoms with E-state index in [9.17, 15) is 9.59 Å². The average molecular weight is 287 g/mol. The lowest BCUT2D eigenvalue weighted by atomic mass is 9.78. The third kappa shape index (κ3) is 2.37. The molecule has 0 saturated carbocycles. The number of rotatable bonds is 3. The van der Waals surface area contributed by atoms with Gasteiger partial charge in [0, 0.05) is 32.4 Å². The molecule has 5 heteroatoms. The molecule has 112 valence electrons. The maximum atomic E-state index is 12.7. The van der Waals surface area contributed by atoms with Crippen molar-refractivity contribution in [2.75, 3.05) is 26.2 Å². The summed E-state index contributed by atoms with van der Waals surface area (Å²) >= 11 is 0. The number of likely N-dealkylation sites (tertiary alicyclic amines) is 2. The van der Waals surface area contributed by atoms with Crippen LogP contribution >= 0.6 is 0 Å². The minimum atomic E-state index is -0.372. The molecule has 1 atom stereocenters. The van der Waals surface area contributed by atoms with E-state index in [2.05, 4.69) is 11.6 Å². The quantitative estimate of drug-likeness (QED) is 0.860. The van der Waals surface area contributed by atoms with Gasteiger partial charge in [0.15, 0.2) is 0 Å². The second-order valence-electron chi connectivity index (χ2n) is 5.98. The molecule has 1 spiro atoms. The number of hydrogen-bond donors (Lipinski definition) is 1. The molecular formula is C16H21N3O2. The van der Waals surface area contributed by atoms with Gasteiger partial charge in [0.05, 0.1) is 5.41 Å². The van der Waals surface area contributed by atoms with E-state index in [-0.39, 0.29) is 17.2 Å². The lowest BCUT2D eigenvalue weighted by Gasteiger charge is -2.38. The van der Waals surface area contributed by atoms with Crippen LogP contribution < -0.4 is 0 Å². The third-order valence-corrected chi connectivity index (χ3v) is 4.64. The standard InChI is InChI=1S/C16H21N3O2/c1-2-9-18-11-7-16(15(18)21)6-4-10-19(12-16)14(20)13-5-3-8-17-13/h2-3,5,8,17H,1,4,6-7,9-12H2/t16-/m1/s1. The molecule has 2 aliphatic heterocycles. The van der Waals surface area contributed by atoms with Crippen LogP contribution in [0.15, 0.2) is 31.0 Å². The number of amides is 2. The Morgan fingerprint density at radius 2 is 2.29 bits per heavy atom. The molecule has 21 heavy (non-hydrogen) atoms. The molecule has 5 nitrogen and oxygen atoms in total. The molecule has 0 bridgehead atoms. The fourth-order valence-electron chi connectivity index (χ4n) is 3.54. The van der Waals surface area contributed by atoms with Gasteiger partial charge in [-0.25, -0.2) is 0 Å². The fourth-order valence-corrected chi connectivity index (χ4v) is 3.54. The number of H-pyrrole nitrogens is 1. The van der Waals surface area contributed by atoms with Gasteiger partial charge in [0.25, 0.3) is 5.91 Å². The van der Waals surface area contributed by atoms with Gasteiger partial charge in [0.1, 0.15) is 5.69 Å². The van der Waals surface area contributed by atoms with Crippen LogP contribution in [-0.4, -0.2) is 52.8 Å². The van der Waals surface area contributed by atoms with Crippen molar-refractivity contribution in [2.45, 2.75) is 19.3 Å². The topological polar surface area (TPSA) is 56.4 Å². The van der Waals surface area contributed by atoms with Crippen LogP contribution in [0.3, 0.4) is 0 Å². The molecular weight excluding hydrogens is 266 g/mol. The van der Waals surface area contributed by atoms with Crippen LogP contribution in [0.2, 0.25) is 0 Å². The first-order valence-corrected chi connectivity index (χ1v) is 7.49. The summed E-state index contributed by atoms with van der Waals surface area (Å²) in [5.41, 5.74) is 0.226. The van der Waals surface area contributed by atoms with Gasteiger partial charge in [-0.2, -0.15) is 0 Å². The number of nitrogens with one attached hydrogen (secondary N) is 1. The minimum Gasteiger partial charge on any atom is -0.357 e. The minimum absolute atomic E-state index is 0.00551. The number of carbonyl (C=O) groups is 2. The van der Waals surface area contributed by atoms with Crippen LogP contribution in [0.4, 0.5) is 0 Å². The molecule has 1 N–H and O–H groups in total.